The van der Waals surface area contributed by atoms with Gasteiger partial charge in [0.15, 0.2) is 5.78 Å². The van der Waals surface area contributed by atoms with Gasteiger partial charge in [0.2, 0.25) is 0 Å². The summed E-state index contributed by atoms with van der Waals surface area (Å²) < 4.78 is 5.04. The maximum Gasteiger partial charge on any atom is 0.175 e. The van der Waals surface area contributed by atoms with Gasteiger partial charge < -0.3 is 10.1 Å². The summed E-state index contributed by atoms with van der Waals surface area (Å²) in [5.41, 5.74) is 0.811. The second kappa shape index (κ2) is 4.13. The van der Waals surface area contributed by atoms with E-state index in [-0.39, 0.29) is 5.78 Å². The Morgan fingerprint density at radius 1 is 1.82 bits per heavy atom. The summed E-state index contributed by atoms with van der Waals surface area (Å²) in [4.78, 5) is 11.2. The number of ether oxygens (including phenoxy) is 1. The molecule has 0 aromatic rings. The smallest absolute Gasteiger partial charge is 0.175 e. The quantitative estimate of drug-likeness (QED) is 0.643. The Morgan fingerprint density at radius 3 is 3.18 bits per heavy atom. The van der Waals surface area contributed by atoms with E-state index in [1.165, 1.54) is 0 Å². The average Bonchev–Trinajstić information content (AvgIpc) is 2.07. The van der Waals surface area contributed by atoms with E-state index in [2.05, 4.69) is 5.32 Å². The van der Waals surface area contributed by atoms with Gasteiger partial charge in [0.05, 0.1) is 19.4 Å². The number of likely N-dealkylation sites (N-methyl/N-ethyl adjacent to an activating group) is 1. The largest absolute Gasteiger partial charge is 0.501 e. The molecule has 3 heteroatoms. The van der Waals surface area contributed by atoms with Crippen LogP contribution < -0.4 is 5.32 Å². The van der Waals surface area contributed by atoms with E-state index in [1.807, 2.05) is 0 Å². The number of rotatable bonds is 3. The minimum atomic E-state index is 0.146. The fraction of sp³-hybridized carbons (Fsp3) is 0.625. The van der Waals surface area contributed by atoms with Gasteiger partial charge in [0.25, 0.3) is 0 Å². The third kappa shape index (κ3) is 2.35. The van der Waals surface area contributed by atoms with E-state index >= 15 is 0 Å². The van der Waals surface area contributed by atoms with Crippen LogP contribution in [0.5, 0.6) is 0 Å². The van der Waals surface area contributed by atoms with Crippen LogP contribution in [0.2, 0.25) is 0 Å². The molecule has 0 atom stereocenters. The van der Waals surface area contributed by atoms with E-state index in [0.717, 1.165) is 25.0 Å². The van der Waals surface area contributed by atoms with Gasteiger partial charge in [-0.15, -0.1) is 0 Å². The average molecular weight is 155 g/mol. The number of Topliss-reactive ketones (excluding diaryl/α,β-unsaturated/α-hetero) is 1. The van der Waals surface area contributed by atoms with Gasteiger partial charge in [-0.2, -0.15) is 0 Å². The molecule has 1 N–H and O–H groups in total. The number of hydrogen-bond acceptors (Lipinski definition) is 3. The van der Waals surface area contributed by atoms with Crippen molar-refractivity contribution in [3.63, 3.8) is 0 Å². The van der Waals surface area contributed by atoms with Crippen molar-refractivity contribution in [1.82, 2.24) is 5.32 Å². The van der Waals surface area contributed by atoms with Gasteiger partial charge in [-0.05, 0) is 19.9 Å². The maximum absolute atomic E-state index is 11.2. The van der Waals surface area contributed by atoms with Gasteiger partial charge in [-0.1, -0.05) is 0 Å². The fourth-order valence-corrected chi connectivity index (χ4v) is 1.04. The minimum Gasteiger partial charge on any atom is -0.501 e. The van der Waals surface area contributed by atoms with Gasteiger partial charge >= 0.3 is 0 Å². The fourth-order valence-electron chi connectivity index (χ4n) is 1.04. The third-order valence-electron chi connectivity index (χ3n) is 1.63. The Labute approximate surface area is 66.4 Å². The highest BCUT2D eigenvalue weighted by Gasteiger charge is 2.11. The molecule has 0 radical (unpaired) electrons. The second-order valence-corrected chi connectivity index (χ2v) is 2.57. The Morgan fingerprint density at radius 2 is 2.64 bits per heavy atom. The molecule has 0 unspecified atom stereocenters. The van der Waals surface area contributed by atoms with Crippen molar-refractivity contribution < 1.29 is 9.53 Å². The highest BCUT2D eigenvalue weighted by molar-refractivity contribution is 5.96. The number of ketones is 1. The maximum atomic E-state index is 11.2. The molecule has 0 saturated heterocycles. The van der Waals surface area contributed by atoms with Crippen molar-refractivity contribution in [2.45, 2.75) is 12.8 Å². The Kier molecular flexibility index (Phi) is 3.11. The molecule has 0 spiro atoms. The lowest BCUT2D eigenvalue weighted by Crippen LogP contribution is -2.21. The van der Waals surface area contributed by atoms with Crippen molar-refractivity contribution in [2.75, 3.05) is 20.2 Å². The molecule has 0 amide bonds. The normalized spacial score (nSPS) is 17.0. The first-order valence-corrected chi connectivity index (χ1v) is 3.83. The Bertz CT molecular complexity index is 175. The number of carbonyl (C=O) groups is 1. The monoisotopic (exact) mass is 155 g/mol. The first-order valence-electron chi connectivity index (χ1n) is 3.83. The lowest BCUT2D eigenvalue weighted by molar-refractivity contribution is -0.115. The summed E-state index contributed by atoms with van der Waals surface area (Å²) in [5, 5.41) is 2.82. The van der Waals surface area contributed by atoms with E-state index in [4.69, 9.17) is 4.74 Å². The molecule has 62 valence electrons. The molecule has 1 aliphatic heterocycles. The zero-order chi connectivity index (χ0) is 8.10. The minimum absolute atomic E-state index is 0.146. The topological polar surface area (TPSA) is 38.3 Å². The zero-order valence-electron chi connectivity index (χ0n) is 6.72. The van der Waals surface area contributed by atoms with Crippen LogP contribution >= 0.6 is 0 Å². The molecule has 3 nitrogen and oxygen atoms in total. The van der Waals surface area contributed by atoms with Crippen LogP contribution in [-0.2, 0) is 9.53 Å². The summed E-state index contributed by atoms with van der Waals surface area (Å²) in [6.45, 7) is 1.16. The second-order valence-electron chi connectivity index (χ2n) is 2.57. The molecule has 11 heavy (non-hydrogen) atoms. The van der Waals surface area contributed by atoms with Crippen LogP contribution in [0.3, 0.4) is 0 Å². The van der Waals surface area contributed by atoms with E-state index in [0.29, 0.717) is 6.54 Å². The highest BCUT2D eigenvalue weighted by Crippen LogP contribution is 2.11. The zero-order valence-corrected chi connectivity index (χ0v) is 6.72. The van der Waals surface area contributed by atoms with Crippen molar-refractivity contribution in [3.05, 3.63) is 11.8 Å². The Hall–Kier alpha value is -0.830. The van der Waals surface area contributed by atoms with Crippen LogP contribution in [0.1, 0.15) is 12.8 Å². The number of carbonyl (C=O) groups excluding carboxylic acids is 1. The summed E-state index contributed by atoms with van der Waals surface area (Å²) >= 11 is 0. The summed E-state index contributed by atoms with van der Waals surface area (Å²) in [7, 11) is 1.77. The lowest BCUT2D eigenvalue weighted by Gasteiger charge is -2.11. The van der Waals surface area contributed by atoms with Crippen LogP contribution in [0.15, 0.2) is 11.8 Å². The van der Waals surface area contributed by atoms with E-state index in [1.54, 1.807) is 13.3 Å². The summed E-state index contributed by atoms with van der Waals surface area (Å²) in [6, 6.07) is 0. The molecular formula is C8H13NO2. The van der Waals surface area contributed by atoms with Gasteiger partial charge in [0, 0.05) is 5.57 Å². The molecule has 0 saturated carbocycles. The third-order valence-corrected chi connectivity index (χ3v) is 1.63. The van der Waals surface area contributed by atoms with Gasteiger partial charge in [0.1, 0.15) is 0 Å². The predicted octanol–water partition coefficient (Wildman–Crippen LogP) is 0.469. The highest BCUT2D eigenvalue weighted by atomic mass is 16.5. The van der Waals surface area contributed by atoms with Crippen LogP contribution in [0.25, 0.3) is 0 Å². The summed E-state index contributed by atoms with van der Waals surface area (Å²) in [6.07, 6.45) is 3.41. The molecule has 1 aliphatic rings. The first kappa shape index (κ1) is 8.27. The predicted molar refractivity (Wildman–Crippen MR) is 42.2 cm³/mol. The standard InChI is InChI=1S/C8H13NO2/c1-9-5-8(10)7-3-2-4-11-6-7/h6,9H,2-5H2,1H3. The first-order chi connectivity index (χ1) is 5.34. The molecule has 1 rings (SSSR count). The lowest BCUT2D eigenvalue weighted by atomic mass is 10.1. The van der Waals surface area contributed by atoms with Gasteiger partial charge in [-0.25, -0.2) is 0 Å². The number of hydrogen-bond donors (Lipinski definition) is 1. The van der Waals surface area contributed by atoms with Crippen molar-refractivity contribution in [3.8, 4) is 0 Å². The van der Waals surface area contributed by atoms with Crippen molar-refractivity contribution in [1.29, 1.82) is 0 Å². The van der Waals surface area contributed by atoms with Crippen LogP contribution in [0.4, 0.5) is 0 Å². The van der Waals surface area contributed by atoms with E-state index in [9.17, 15) is 4.79 Å². The Balaban J connectivity index is 2.44. The van der Waals surface area contributed by atoms with E-state index < -0.39 is 0 Å². The van der Waals surface area contributed by atoms with Gasteiger partial charge in [-0.3, -0.25) is 4.79 Å². The van der Waals surface area contributed by atoms with Crippen molar-refractivity contribution >= 4 is 5.78 Å². The SMILES string of the molecule is CNCC(=O)C1=COCCC1. The molecule has 0 bridgehead atoms. The van der Waals surface area contributed by atoms with Crippen molar-refractivity contribution in [2.24, 2.45) is 0 Å². The molecular weight excluding hydrogens is 142 g/mol. The molecule has 0 aromatic carbocycles. The molecule has 0 aliphatic carbocycles. The molecule has 0 fully saturated rings. The number of nitrogens with one attached hydrogen (secondary N) is 1. The van der Waals surface area contributed by atoms with Crippen LogP contribution in [-0.4, -0.2) is 26.0 Å². The molecule has 0 aromatic heterocycles. The van der Waals surface area contributed by atoms with Crippen LogP contribution in [0, 0.1) is 0 Å². The summed E-state index contributed by atoms with van der Waals surface area (Å²) in [5.74, 6) is 0.146. The molecule has 1 heterocycles.